The number of H-pyrrole nitrogens is 1. The number of rotatable bonds is 5. The molecule has 0 fully saturated rings. The molecule has 0 aliphatic heterocycles. The van der Waals surface area contributed by atoms with Gasteiger partial charge < -0.3 is 9.88 Å². The number of hydrogen-bond donors (Lipinski definition) is 1. The van der Waals surface area contributed by atoms with Crippen molar-refractivity contribution in [1.29, 1.82) is 5.26 Å². The zero-order valence-corrected chi connectivity index (χ0v) is 14.5. The maximum Gasteiger partial charge on any atom is 0.227 e. The van der Waals surface area contributed by atoms with Crippen LogP contribution in [0.2, 0.25) is 0 Å². The lowest BCUT2D eigenvalue weighted by Gasteiger charge is -2.28. The Morgan fingerprint density at radius 3 is 2.60 bits per heavy atom. The molecule has 0 saturated carbocycles. The molecule has 1 aromatic heterocycles. The molecular weight excluding hydrogens is 310 g/mol. The minimum atomic E-state index is -0.0320. The van der Waals surface area contributed by atoms with Crippen LogP contribution in [-0.4, -0.2) is 22.3 Å². The number of hydrogen-bond acceptors (Lipinski definition) is 2. The normalized spacial score (nSPS) is 11.9. The van der Waals surface area contributed by atoms with Crippen LogP contribution < -0.4 is 0 Å². The third-order valence-electron chi connectivity index (χ3n) is 4.67. The molecule has 126 valence electrons. The zero-order valence-electron chi connectivity index (χ0n) is 14.5. The number of aromatic nitrogens is 1. The minimum absolute atomic E-state index is 0.0320. The first-order valence-corrected chi connectivity index (χ1v) is 8.48. The lowest BCUT2D eigenvalue weighted by Crippen LogP contribution is -2.34. The molecule has 3 aromatic rings. The second-order valence-corrected chi connectivity index (χ2v) is 6.13. The number of carbonyl (C=O) groups excluding carboxylic acids is 1. The molecule has 0 bridgehead atoms. The summed E-state index contributed by atoms with van der Waals surface area (Å²) >= 11 is 0. The van der Waals surface area contributed by atoms with E-state index >= 15 is 0 Å². The first kappa shape index (κ1) is 16.8. The Balaban J connectivity index is 1.79. The lowest BCUT2D eigenvalue weighted by atomic mass is 10.0. The van der Waals surface area contributed by atoms with Gasteiger partial charge in [-0.2, -0.15) is 5.26 Å². The molecule has 2 aromatic carbocycles. The van der Waals surface area contributed by atoms with Crippen molar-refractivity contribution in [3.05, 3.63) is 71.4 Å². The quantitative estimate of drug-likeness (QED) is 0.762. The number of aromatic amines is 1. The van der Waals surface area contributed by atoms with Crippen molar-refractivity contribution in [3.63, 3.8) is 0 Å². The first-order chi connectivity index (χ1) is 12.1. The number of fused-ring (bicyclic) bond motifs is 1. The largest absolute Gasteiger partial charge is 0.361 e. The SMILES string of the molecule is CCN(C(=O)Cc1c[nH]c2ccccc12)C(C)c1ccc(C#N)cc1. The monoisotopic (exact) mass is 331 g/mol. The zero-order chi connectivity index (χ0) is 17.8. The highest BCUT2D eigenvalue weighted by atomic mass is 16.2. The second-order valence-electron chi connectivity index (χ2n) is 6.13. The Morgan fingerprint density at radius 1 is 1.20 bits per heavy atom. The molecule has 0 aliphatic rings. The number of likely N-dealkylation sites (N-methyl/N-ethyl adjacent to an activating group) is 1. The van der Waals surface area contributed by atoms with E-state index in [1.165, 1.54) is 0 Å². The van der Waals surface area contributed by atoms with Crippen LogP contribution in [0.4, 0.5) is 0 Å². The van der Waals surface area contributed by atoms with E-state index in [2.05, 4.69) is 11.1 Å². The van der Waals surface area contributed by atoms with Crippen LogP contribution in [0, 0.1) is 11.3 Å². The van der Waals surface area contributed by atoms with Crippen molar-refractivity contribution < 1.29 is 4.79 Å². The van der Waals surface area contributed by atoms with Gasteiger partial charge in [-0.1, -0.05) is 30.3 Å². The van der Waals surface area contributed by atoms with Crippen molar-refractivity contribution in [1.82, 2.24) is 9.88 Å². The Hall–Kier alpha value is -3.06. The van der Waals surface area contributed by atoms with Gasteiger partial charge in [-0.05, 0) is 43.2 Å². The van der Waals surface area contributed by atoms with Crippen LogP contribution in [0.1, 0.15) is 36.6 Å². The fourth-order valence-corrected chi connectivity index (χ4v) is 3.22. The molecule has 3 rings (SSSR count). The second kappa shape index (κ2) is 7.23. The van der Waals surface area contributed by atoms with Gasteiger partial charge in [-0.25, -0.2) is 0 Å². The average Bonchev–Trinajstić information content (AvgIpc) is 3.05. The highest BCUT2D eigenvalue weighted by Gasteiger charge is 2.21. The molecule has 0 radical (unpaired) electrons. The van der Waals surface area contributed by atoms with Crippen molar-refractivity contribution in [2.45, 2.75) is 26.3 Å². The number of nitrogens with one attached hydrogen (secondary N) is 1. The van der Waals surface area contributed by atoms with Crippen LogP contribution in [0.25, 0.3) is 10.9 Å². The maximum atomic E-state index is 12.9. The minimum Gasteiger partial charge on any atom is -0.361 e. The fraction of sp³-hybridized carbons (Fsp3) is 0.238. The van der Waals surface area contributed by atoms with E-state index < -0.39 is 0 Å². The van der Waals surface area contributed by atoms with Gasteiger partial charge in [0.25, 0.3) is 0 Å². The van der Waals surface area contributed by atoms with Crippen LogP contribution in [-0.2, 0) is 11.2 Å². The maximum absolute atomic E-state index is 12.9. The summed E-state index contributed by atoms with van der Waals surface area (Å²) in [7, 11) is 0. The van der Waals surface area contributed by atoms with Gasteiger partial charge >= 0.3 is 0 Å². The van der Waals surface area contributed by atoms with Gasteiger partial charge in [-0.15, -0.1) is 0 Å². The van der Waals surface area contributed by atoms with E-state index in [1.54, 1.807) is 12.1 Å². The predicted octanol–water partition coefficient (Wildman–Crippen LogP) is 4.19. The molecule has 4 nitrogen and oxygen atoms in total. The Bertz CT molecular complexity index is 918. The summed E-state index contributed by atoms with van der Waals surface area (Å²) in [5.41, 5.74) is 3.73. The predicted molar refractivity (Wildman–Crippen MR) is 99.0 cm³/mol. The number of carbonyl (C=O) groups is 1. The molecular formula is C21H21N3O. The fourth-order valence-electron chi connectivity index (χ4n) is 3.22. The van der Waals surface area contributed by atoms with E-state index in [9.17, 15) is 4.79 Å². The number of nitrogens with zero attached hydrogens (tertiary/aromatic N) is 2. The number of nitriles is 1. The summed E-state index contributed by atoms with van der Waals surface area (Å²) in [6.07, 6.45) is 2.29. The smallest absolute Gasteiger partial charge is 0.227 e. The molecule has 1 heterocycles. The number of amides is 1. The van der Waals surface area contributed by atoms with Crippen LogP contribution in [0.15, 0.2) is 54.7 Å². The third kappa shape index (κ3) is 3.41. The molecule has 4 heteroatoms. The molecule has 0 aliphatic carbocycles. The Labute approximate surface area is 147 Å². The molecule has 25 heavy (non-hydrogen) atoms. The summed E-state index contributed by atoms with van der Waals surface area (Å²) in [6.45, 7) is 4.66. The van der Waals surface area contributed by atoms with Crippen molar-refractivity contribution >= 4 is 16.8 Å². The molecule has 0 saturated heterocycles. The standard InChI is InChI=1S/C21H21N3O/c1-3-24(15(2)17-10-8-16(13-22)9-11-17)21(25)12-18-14-23-20-7-5-4-6-19(18)20/h4-11,14-15,23H,3,12H2,1-2H3. The van der Waals surface area contributed by atoms with Crippen molar-refractivity contribution in [2.75, 3.05) is 6.54 Å². The summed E-state index contributed by atoms with van der Waals surface area (Å²) in [4.78, 5) is 18.0. The summed E-state index contributed by atoms with van der Waals surface area (Å²) in [5.74, 6) is 0.101. The summed E-state index contributed by atoms with van der Waals surface area (Å²) < 4.78 is 0. The molecule has 1 unspecified atom stereocenters. The van der Waals surface area contributed by atoms with E-state index in [-0.39, 0.29) is 11.9 Å². The average molecular weight is 331 g/mol. The summed E-state index contributed by atoms with van der Waals surface area (Å²) in [5, 5.41) is 10.0. The van der Waals surface area contributed by atoms with E-state index in [1.807, 2.05) is 61.3 Å². The number of benzene rings is 2. The highest BCUT2D eigenvalue weighted by Crippen LogP contribution is 2.23. The van der Waals surface area contributed by atoms with Crippen LogP contribution in [0.3, 0.4) is 0 Å². The Kier molecular flexibility index (Phi) is 4.85. The van der Waals surface area contributed by atoms with Crippen molar-refractivity contribution in [2.24, 2.45) is 0 Å². The number of para-hydroxylation sites is 1. The molecule has 1 atom stereocenters. The van der Waals surface area contributed by atoms with Gasteiger partial charge in [0.2, 0.25) is 5.91 Å². The third-order valence-corrected chi connectivity index (χ3v) is 4.67. The Morgan fingerprint density at radius 2 is 1.92 bits per heavy atom. The van der Waals surface area contributed by atoms with Crippen LogP contribution >= 0.6 is 0 Å². The van der Waals surface area contributed by atoms with Gasteiger partial charge in [0.1, 0.15) is 0 Å². The van der Waals surface area contributed by atoms with Crippen LogP contribution in [0.5, 0.6) is 0 Å². The molecule has 0 spiro atoms. The van der Waals surface area contributed by atoms with Gasteiger partial charge in [-0.3, -0.25) is 4.79 Å². The molecule has 1 N–H and O–H groups in total. The lowest BCUT2D eigenvalue weighted by molar-refractivity contribution is -0.132. The molecule has 1 amide bonds. The summed E-state index contributed by atoms with van der Waals surface area (Å²) in [6, 6.07) is 17.5. The highest BCUT2D eigenvalue weighted by molar-refractivity contribution is 5.89. The van der Waals surface area contributed by atoms with Gasteiger partial charge in [0.05, 0.1) is 24.1 Å². The topological polar surface area (TPSA) is 59.9 Å². The van der Waals surface area contributed by atoms with Gasteiger partial charge in [0.15, 0.2) is 0 Å². The van der Waals surface area contributed by atoms with E-state index in [0.29, 0.717) is 18.5 Å². The van der Waals surface area contributed by atoms with Gasteiger partial charge in [0, 0.05) is 23.6 Å². The van der Waals surface area contributed by atoms with E-state index in [4.69, 9.17) is 5.26 Å². The van der Waals surface area contributed by atoms with E-state index in [0.717, 1.165) is 22.0 Å². The first-order valence-electron chi connectivity index (χ1n) is 8.48. The van der Waals surface area contributed by atoms with Crippen molar-refractivity contribution in [3.8, 4) is 6.07 Å².